The number of rotatable bonds is 26. The molecular weight excluding hydrogens is 1520 g/mol. The molecule has 15 N–H and O–H groups in total. The van der Waals surface area contributed by atoms with Gasteiger partial charge in [-0.15, -0.1) is 0 Å². The second kappa shape index (κ2) is 55.1. The fraction of sp³-hybridized carbons (Fsp3) is 0.329. The van der Waals surface area contributed by atoms with Crippen LogP contribution in [0.1, 0.15) is 137 Å². The van der Waals surface area contributed by atoms with Gasteiger partial charge in [0.25, 0.3) is 42.9 Å². The molecule has 0 unspecified atom stereocenters. The zero-order valence-electron chi connectivity index (χ0n) is 64.5. The predicted molar refractivity (Wildman–Crippen MR) is 420 cm³/mol. The van der Waals surface area contributed by atoms with Crippen molar-refractivity contribution >= 4 is 53.4 Å². The third-order valence-electron chi connectivity index (χ3n) is 14.2. The molecule has 0 aliphatic rings. The van der Waals surface area contributed by atoms with Crippen molar-refractivity contribution in [2.75, 3.05) is 33.9 Å². The van der Waals surface area contributed by atoms with Gasteiger partial charge in [0.05, 0.1) is 51.7 Å². The van der Waals surface area contributed by atoms with Gasteiger partial charge in [-0.3, -0.25) is 24.4 Å². The van der Waals surface area contributed by atoms with Crippen LogP contribution in [0.5, 0.6) is 0 Å². The van der Waals surface area contributed by atoms with Crippen molar-refractivity contribution in [1.29, 1.82) is 5.53 Å². The highest BCUT2D eigenvalue weighted by molar-refractivity contribution is 6.13. The number of carbonyl (C=O) groups is 7. The Morgan fingerprint density at radius 3 is 0.948 bits per heavy atom. The zero-order chi connectivity index (χ0) is 85.8. The maximum Gasteiger partial charge on any atom is 0.407 e. The van der Waals surface area contributed by atoms with E-state index in [1.807, 2.05) is 12.1 Å². The molecule has 33 heteroatoms. The van der Waals surface area contributed by atoms with E-state index in [0.717, 1.165) is 33.4 Å². The van der Waals surface area contributed by atoms with E-state index >= 15 is 0 Å². The van der Waals surface area contributed by atoms with Crippen molar-refractivity contribution < 1.29 is 84.4 Å². The molecule has 6 aromatic carbocycles. The molecule has 0 heterocycles. The largest absolute Gasteiger partial charge is 0.467 e. The summed E-state index contributed by atoms with van der Waals surface area (Å²) in [5.41, 5.74) is 25.7. The molecule has 5 amide bonds. The van der Waals surface area contributed by atoms with Gasteiger partial charge in [-0.25, -0.2) is 46.2 Å². The summed E-state index contributed by atoms with van der Waals surface area (Å²) < 4.78 is 90.1. The Balaban J connectivity index is 0.000000557. The number of benzene rings is 6. The number of methoxy groups -OCH3 is 2. The SMILES string of the molecule is CC(C)O.COC(=O)[C@@H](NC(=O)c1ccc(C#CC#Cc2ccc(CNCC(F)F)cc2)cc1)[C@@H](C)N.COC(=O)[C@@H](NC(=O)c1ccc(C#CC#Cc2ccc(CNCC(F)F)cc2)cc1)[C@@H](C)NC(=O)OC(C)(C)C.C[C@@H](N)[C@H](NC(=O)c1ccc(C#CC#Cc2ccc(CNCC(F)F)cc2)cc1)C(=O)NO.N=NN=NCl. The van der Waals surface area contributed by atoms with Crippen LogP contribution in [-0.4, -0.2) is 153 Å². The maximum atomic E-state index is 12.8. The van der Waals surface area contributed by atoms with E-state index in [-0.39, 0.29) is 31.3 Å². The van der Waals surface area contributed by atoms with E-state index in [2.05, 4.69) is 140 Å². The summed E-state index contributed by atoms with van der Waals surface area (Å²) in [6.45, 7) is 13.3. The van der Waals surface area contributed by atoms with Gasteiger partial charge in [-0.1, -0.05) is 76.6 Å². The molecule has 0 saturated heterocycles. The minimum absolute atomic E-state index is 0.167. The average molecular weight is 1610 g/mol. The number of ether oxygens (including phenoxy) is 3. The highest BCUT2D eigenvalue weighted by atomic mass is 35.5. The second-order valence-electron chi connectivity index (χ2n) is 25.3. The van der Waals surface area contributed by atoms with Crippen molar-refractivity contribution in [2.24, 2.45) is 26.5 Å². The zero-order valence-corrected chi connectivity index (χ0v) is 65.2. The first-order chi connectivity index (χ1) is 54.6. The molecule has 0 bridgehead atoms. The van der Waals surface area contributed by atoms with E-state index in [1.54, 1.807) is 182 Å². The van der Waals surface area contributed by atoms with Crippen molar-refractivity contribution in [1.82, 2.24) is 42.7 Å². The number of alkyl carbamates (subject to hydrolysis) is 1. The second-order valence-corrected chi connectivity index (χ2v) is 25.4. The number of hydrogen-bond acceptors (Lipinski definition) is 19. The quantitative estimate of drug-likeness (QED) is 0.00458. The third-order valence-corrected chi connectivity index (χ3v) is 14.2. The van der Waals surface area contributed by atoms with E-state index < -0.39 is 103 Å². The standard InChI is InChI=1S/C30H33F2N3O5.C25H25F2N3O3.C24H24F2N4O3.C3H8O.ClHN4/c1-20(34-29(38)40-30(2,3)4)26(28(37)39-5)35-27(36)24-16-14-22(15-17-24)9-7-6-8-21-10-12-23(13-11-21)18-33-19-25(31)32;1-17(28)23(25(32)33-2)30-24(31)21-13-11-19(12-14-21)6-4-3-5-18-7-9-20(10-8-18)15-29-16-22(26)27;1-16(27)22(24(32)30-33)29-23(31)20-12-10-18(11-13-20)5-3-2-4-17-6-8-19(9-7-17)14-28-15-21(25)26;1-3(2)4;1-3-5-4-2/h10-17,20,25-26,33H,18-19H2,1-5H3,(H,34,38)(H,35,36);7-14,17,22-23,29H,15-16,28H2,1-2H3,(H,30,31);6-13,16,21-22,28,33H,14-15,27H2,1H3,(H,29,31)(H,30,32);3-4H,1-2H3;2H/t20-,26+;17-,23+;16-,22+;;/m111../s1. The van der Waals surface area contributed by atoms with Gasteiger partial charge in [-0.05, 0) is 227 Å². The predicted octanol–water partition coefficient (Wildman–Crippen LogP) is 9.01. The number of hydrogen-bond donors (Lipinski definition) is 13. The molecule has 26 nitrogen and oxygen atoms in total. The van der Waals surface area contributed by atoms with Crippen LogP contribution in [0.15, 0.2) is 161 Å². The molecule has 6 atom stereocenters. The lowest BCUT2D eigenvalue weighted by Crippen LogP contribution is -2.55. The smallest absolute Gasteiger partial charge is 0.407 e. The number of carbonyl (C=O) groups excluding carboxylic acids is 7. The Labute approximate surface area is 669 Å². The molecule has 0 radical (unpaired) electrons. The van der Waals surface area contributed by atoms with E-state index in [9.17, 15) is 59.9 Å². The average Bonchev–Trinajstić information content (AvgIpc) is 0.863. The number of aliphatic hydroxyl groups is 1. The number of nitrogens with two attached hydrogens (primary N) is 2. The van der Waals surface area contributed by atoms with Gasteiger partial charge < -0.3 is 68.0 Å². The number of nitrogens with zero attached hydrogens (tertiary/aromatic N) is 3. The number of halogens is 7. The van der Waals surface area contributed by atoms with Crippen molar-refractivity contribution in [3.8, 4) is 71.0 Å². The number of hydroxylamine groups is 1. The molecule has 0 aromatic heterocycles. The molecule has 6 rings (SSSR count). The minimum atomic E-state index is -2.39. The molecule has 6 aromatic rings. The Morgan fingerprint density at radius 1 is 0.461 bits per heavy atom. The van der Waals surface area contributed by atoms with Crippen molar-refractivity contribution in [2.45, 2.75) is 142 Å². The summed E-state index contributed by atoms with van der Waals surface area (Å²) in [6.07, 6.45) is -8.04. The Morgan fingerprint density at radius 2 is 0.722 bits per heavy atom. The first-order valence-electron chi connectivity index (χ1n) is 34.8. The molecule has 115 heavy (non-hydrogen) atoms. The van der Waals surface area contributed by atoms with Crippen LogP contribution in [0.2, 0.25) is 0 Å². The van der Waals surface area contributed by atoms with Crippen molar-refractivity contribution in [3.05, 3.63) is 212 Å². The van der Waals surface area contributed by atoms with Crippen LogP contribution in [-0.2, 0) is 48.2 Å². The molecular formula is C82H91ClF6N14O12. The fourth-order valence-electron chi connectivity index (χ4n) is 8.65. The van der Waals surface area contributed by atoms with Gasteiger partial charge in [0.15, 0.2) is 0 Å². The van der Waals surface area contributed by atoms with Crippen LogP contribution in [0.3, 0.4) is 0 Å². The highest BCUT2D eigenvalue weighted by Gasteiger charge is 2.31. The van der Waals surface area contributed by atoms with Gasteiger partial charge >= 0.3 is 18.0 Å². The molecule has 0 aliphatic heterocycles. The van der Waals surface area contributed by atoms with E-state index in [1.165, 1.54) is 26.6 Å². The fourth-order valence-corrected chi connectivity index (χ4v) is 8.68. The first kappa shape index (κ1) is 98.6. The van der Waals surface area contributed by atoms with Crippen LogP contribution < -0.4 is 54.2 Å². The first-order valence-corrected chi connectivity index (χ1v) is 35.1. The van der Waals surface area contributed by atoms with Crippen LogP contribution >= 0.6 is 11.8 Å². The number of nitrogens with one attached hydrogen (secondary N) is 9. The van der Waals surface area contributed by atoms with Gasteiger partial charge in [0.1, 0.15) is 23.7 Å². The lowest BCUT2D eigenvalue weighted by atomic mass is 10.1. The lowest BCUT2D eigenvalue weighted by molar-refractivity contribution is -0.144. The maximum absolute atomic E-state index is 12.8. The number of esters is 2. The molecule has 0 fully saturated rings. The van der Waals surface area contributed by atoms with Crippen LogP contribution in [0.4, 0.5) is 31.1 Å². The minimum Gasteiger partial charge on any atom is -0.467 e. The van der Waals surface area contributed by atoms with Gasteiger partial charge in [-0.2, -0.15) is 5.53 Å². The Bertz CT molecular complexity index is 4330. The lowest BCUT2D eigenvalue weighted by Gasteiger charge is -2.26. The highest BCUT2D eigenvalue weighted by Crippen LogP contribution is 2.13. The molecule has 0 spiro atoms. The summed E-state index contributed by atoms with van der Waals surface area (Å²) in [7, 11) is 2.41. The third kappa shape index (κ3) is 43.8. The van der Waals surface area contributed by atoms with Gasteiger partial charge in [0, 0.05) is 87.9 Å². The number of aliphatic hydroxyl groups excluding tert-OH is 1. The van der Waals surface area contributed by atoms with Crippen LogP contribution in [0, 0.1) is 76.6 Å². The van der Waals surface area contributed by atoms with Gasteiger partial charge in [0.2, 0.25) is 0 Å². The molecule has 610 valence electrons. The molecule has 0 saturated carbocycles. The summed E-state index contributed by atoms with van der Waals surface area (Å²) >= 11 is 4.55. The van der Waals surface area contributed by atoms with E-state index in [0.29, 0.717) is 47.5 Å². The van der Waals surface area contributed by atoms with Crippen LogP contribution in [0.25, 0.3) is 0 Å². The Kier molecular flexibility index (Phi) is 47.2. The summed E-state index contributed by atoms with van der Waals surface area (Å²) in [5, 5.41) is 40.0. The summed E-state index contributed by atoms with van der Waals surface area (Å²) in [4.78, 5) is 85.1. The number of alkyl halides is 6. The topological polar surface area (TPSA) is 397 Å². The summed E-state index contributed by atoms with van der Waals surface area (Å²) in [6, 6.07) is 35.5. The monoisotopic (exact) mass is 1610 g/mol. The molecule has 0 aliphatic carbocycles. The van der Waals surface area contributed by atoms with Crippen molar-refractivity contribution in [3.63, 3.8) is 0 Å². The summed E-state index contributed by atoms with van der Waals surface area (Å²) in [5.74, 6) is 30.1. The Hall–Kier alpha value is -12.4. The normalized spacial score (nSPS) is 11.8. The van der Waals surface area contributed by atoms with E-state index in [4.69, 9.17) is 36.8 Å². The number of amides is 5.